The van der Waals surface area contributed by atoms with E-state index in [1.54, 1.807) is 4.90 Å². The van der Waals surface area contributed by atoms with Gasteiger partial charge in [0.15, 0.2) is 0 Å². The third kappa shape index (κ3) is 6.03. The first-order valence-corrected chi connectivity index (χ1v) is 9.49. The van der Waals surface area contributed by atoms with Crippen molar-refractivity contribution in [3.05, 3.63) is 34.3 Å². The van der Waals surface area contributed by atoms with Crippen molar-refractivity contribution in [3.8, 4) is 0 Å². The highest BCUT2D eigenvalue weighted by molar-refractivity contribution is 9.10. The summed E-state index contributed by atoms with van der Waals surface area (Å²) in [6, 6.07) is 7.81. The normalized spacial score (nSPS) is 19.2. The molecule has 138 valence electrons. The molecule has 2 rings (SSSR count). The highest BCUT2D eigenvalue weighted by Crippen LogP contribution is 2.22. The lowest BCUT2D eigenvalue weighted by atomic mass is 9.96. The summed E-state index contributed by atoms with van der Waals surface area (Å²) in [6.07, 6.45) is 1.25. The predicted octanol–water partition coefficient (Wildman–Crippen LogP) is 4.27. The molecule has 2 unspecified atom stereocenters. The maximum Gasteiger partial charge on any atom is 0.410 e. The lowest BCUT2D eigenvalue weighted by molar-refractivity contribution is -0.127. The molecule has 0 spiro atoms. The van der Waals surface area contributed by atoms with Crippen LogP contribution in [0.1, 0.15) is 52.1 Å². The van der Waals surface area contributed by atoms with Gasteiger partial charge in [-0.15, -0.1) is 0 Å². The molecule has 0 saturated carbocycles. The van der Waals surface area contributed by atoms with E-state index in [1.807, 2.05) is 52.0 Å². The number of benzene rings is 1. The number of piperidine rings is 1. The first-order valence-electron chi connectivity index (χ1n) is 8.69. The molecule has 1 heterocycles. The Hall–Kier alpha value is -1.56. The average Bonchev–Trinajstić information content (AvgIpc) is 2.53. The number of likely N-dealkylation sites (tertiary alicyclic amines) is 1. The number of nitrogens with zero attached hydrogens (tertiary/aromatic N) is 1. The molecule has 0 aliphatic carbocycles. The number of carbonyl (C=O) groups excluding carboxylic acids is 2. The molecular weight excluding hydrogens is 384 g/mol. The predicted molar refractivity (Wildman–Crippen MR) is 101 cm³/mol. The number of hydrogen-bond donors (Lipinski definition) is 1. The zero-order valence-electron chi connectivity index (χ0n) is 15.3. The molecule has 1 saturated heterocycles. The minimum absolute atomic E-state index is 0.0132. The zero-order chi connectivity index (χ0) is 18.6. The van der Waals surface area contributed by atoms with E-state index in [9.17, 15) is 9.59 Å². The van der Waals surface area contributed by atoms with Gasteiger partial charge in [-0.1, -0.05) is 28.1 Å². The van der Waals surface area contributed by atoms with Crippen LogP contribution in [0.15, 0.2) is 28.7 Å². The largest absolute Gasteiger partial charge is 0.444 e. The Labute approximate surface area is 158 Å². The molecule has 2 atom stereocenters. The van der Waals surface area contributed by atoms with Gasteiger partial charge in [-0.25, -0.2) is 4.79 Å². The Morgan fingerprint density at radius 3 is 2.72 bits per heavy atom. The van der Waals surface area contributed by atoms with E-state index < -0.39 is 5.60 Å². The molecule has 25 heavy (non-hydrogen) atoms. The minimum atomic E-state index is -0.526. The topological polar surface area (TPSA) is 58.6 Å². The number of carbonyl (C=O) groups is 2. The van der Waals surface area contributed by atoms with Gasteiger partial charge in [-0.3, -0.25) is 4.79 Å². The Bertz CT molecular complexity index is 627. The van der Waals surface area contributed by atoms with Gasteiger partial charge in [0.2, 0.25) is 5.91 Å². The van der Waals surface area contributed by atoms with Crippen LogP contribution in [0, 0.1) is 5.92 Å². The average molecular weight is 411 g/mol. The molecule has 1 aliphatic heterocycles. The fourth-order valence-corrected chi connectivity index (χ4v) is 3.29. The van der Waals surface area contributed by atoms with E-state index in [0.29, 0.717) is 13.1 Å². The second-order valence-electron chi connectivity index (χ2n) is 7.55. The number of halogens is 1. The number of ether oxygens (including phenoxy) is 1. The molecule has 6 heteroatoms. The van der Waals surface area contributed by atoms with E-state index in [4.69, 9.17) is 4.74 Å². The van der Waals surface area contributed by atoms with E-state index in [2.05, 4.69) is 21.2 Å². The second-order valence-corrected chi connectivity index (χ2v) is 8.47. The van der Waals surface area contributed by atoms with E-state index in [0.717, 1.165) is 22.9 Å². The monoisotopic (exact) mass is 410 g/mol. The quantitative estimate of drug-likeness (QED) is 0.808. The Morgan fingerprint density at radius 2 is 2.08 bits per heavy atom. The van der Waals surface area contributed by atoms with Gasteiger partial charge in [-0.2, -0.15) is 0 Å². The van der Waals surface area contributed by atoms with Crippen molar-refractivity contribution in [3.63, 3.8) is 0 Å². The summed E-state index contributed by atoms with van der Waals surface area (Å²) in [6.45, 7) is 8.55. The number of hydrogen-bond acceptors (Lipinski definition) is 3. The highest BCUT2D eigenvalue weighted by atomic mass is 79.9. The van der Waals surface area contributed by atoms with E-state index in [1.165, 1.54) is 0 Å². The molecule has 1 fully saturated rings. The van der Waals surface area contributed by atoms with Gasteiger partial charge in [0.05, 0.1) is 12.0 Å². The lowest BCUT2D eigenvalue weighted by Gasteiger charge is -2.34. The second kappa shape index (κ2) is 8.21. The van der Waals surface area contributed by atoms with Gasteiger partial charge in [-0.05, 0) is 58.2 Å². The first-order chi connectivity index (χ1) is 11.7. The third-order valence-electron chi connectivity index (χ3n) is 4.15. The molecule has 0 radical (unpaired) electrons. The summed E-state index contributed by atoms with van der Waals surface area (Å²) < 4.78 is 6.40. The van der Waals surface area contributed by atoms with Crippen molar-refractivity contribution in [1.29, 1.82) is 0 Å². The molecule has 0 bridgehead atoms. The van der Waals surface area contributed by atoms with Gasteiger partial charge >= 0.3 is 6.09 Å². The van der Waals surface area contributed by atoms with Crippen molar-refractivity contribution in [1.82, 2.24) is 10.2 Å². The number of nitrogens with one attached hydrogen (secondary N) is 1. The third-order valence-corrected chi connectivity index (χ3v) is 4.64. The van der Waals surface area contributed by atoms with Crippen LogP contribution in [0.4, 0.5) is 4.79 Å². The number of amides is 2. The van der Waals surface area contributed by atoms with Crippen LogP contribution in [-0.4, -0.2) is 35.6 Å². The standard InChI is InChI=1S/C19H27BrN2O3/c1-13(14-7-5-9-16(20)11-14)21-17(23)15-8-6-10-22(12-15)18(24)25-19(2,3)4/h5,7,9,11,13,15H,6,8,10,12H2,1-4H3,(H,21,23). The summed E-state index contributed by atoms with van der Waals surface area (Å²) in [5.41, 5.74) is 0.518. The van der Waals surface area contributed by atoms with Gasteiger partial charge < -0.3 is 15.0 Å². The maximum atomic E-state index is 12.6. The Balaban J connectivity index is 1.94. The molecule has 1 N–H and O–H groups in total. The van der Waals surface area contributed by atoms with Crippen LogP contribution >= 0.6 is 15.9 Å². The SMILES string of the molecule is CC(NC(=O)C1CCCN(C(=O)OC(C)(C)C)C1)c1cccc(Br)c1. The fourth-order valence-electron chi connectivity index (χ4n) is 2.87. The van der Waals surface area contributed by atoms with Gasteiger partial charge in [0, 0.05) is 17.6 Å². The van der Waals surface area contributed by atoms with Crippen molar-refractivity contribution in [2.24, 2.45) is 5.92 Å². The van der Waals surface area contributed by atoms with Crippen LogP contribution in [0.3, 0.4) is 0 Å². The first kappa shape index (κ1) is 19.8. The lowest BCUT2D eigenvalue weighted by Crippen LogP contribution is -2.47. The van der Waals surface area contributed by atoms with E-state index >= 15 is 0 Å². The summed E-state index contributed by atoms with van der Waals surface area (Å²) in [7, 11) is 0. The molecule has 5 nitrogen and oxygen atoms in total. The van der Waals surface area contributed by atoms with Crippen LogP contribution in [0.2, 0.25) is 0 Å². The van der Waals surface area contributed by atoms with Crippen LogP contribution in [-0.2, 0) is 9.53 Å². The van der Waals surface area contributed by atoms with Crippen molar-refractivity contribution in [2.75, 3.05) is 13.1 Å². The van der Waals surface area contributed by atoms with Gasteiger partial charge in [0.25, 0.3) is 0 Å². The molecule has 1 aliphatic rings. The van der Waals surface area contributed by atoms with Crippen molar-refractivity contribution in [2.45, 2.75) is 52.2 Å². The smallest absolute Gasteiger partial charge is 0.410 e. The number of rotatable bonds is 3. The molecule has 0 aromatic heterocycles. The molecular formula is C19H27BrN2O3. The summed E-state index contributed by atoms with van der Waals surface area (Å²) in [5, 5.41) is 3.06. The maximum absolute atomic E-state index is 12.6. The van der Waals surface area contributed by atoms with Crippen LogP contribution in [0.5, 0.6) is 0 Å². The van der Waals surface area contributed by atoms with Crippen molar-refractivity contribution >= 4 is 27.9 Å². The van der Waals surface area contributed by atoms with Crippen LogP contribution in [0.25, 0.3) is 0 Å². The minimum Gasteiger partial charge on any atom is -0.444 e. The highest BCUT2D eigenvalue weighted by Gasteiger charge is 2.31. The zero-order valence-corrected chi connectivity index (χ0v) is 16.9. The molecule has 1 aromatic carbocycles. The summed E-state index contributed by atoms with van der Waals surface area (Å²) >= 11 is 3.45. The molecule has 1 aromatic rings. The fraction of sp³-hybridized carbons (Fsp3) is 0.579. The molecule has 2 amide bonds. The van der Waals surface area contributed by atoms with Gasteiger partial charge in [0.1, 0.15) is 5.60 Å². The van der Waals surface area contributed by atoms with Crippen LogP contribution < -0.4 is 5.32 Å². The van der Waals surface area contributed by atoms with E-state index in [-0.39, 0.29) is 24.0 Å². The van der Waals surface area contributed by atoms with Crippen molar-refractivity contribution < 1.29 is 14.3 Å². The Morgan fingerprint density at radius 1 is 1.36 bits per heavy atom. The summed E-state index contributed by atoms with van der Waals surface area (Å²) in [5.74, 6) is -0.211. The Kier molecular flexibility index (Phi) is 6.49. The summed E-state index contributed by atoms with van der Waals surface area (Å²) in [4.78, 5) is 26.5.